The number of aliphatic hydroxyl groups is 1. The average Bonchev–Trinajstić information content (AvgIpc) is 3.32. The summed E-state index contributed by atoms with van der Waals surface area (Å²) in [4.78, 5) is 22.1. The lowest BCUT2D eigenvalue weighted by Gasteiger charge is -2.14. The van der Waals surface area contributed by atoms with Crippen molar-refractivity contribution in [1.82, 2.24) is 24.7 Å². The molecule has 33 heavy (non-hydrogen) atoms. The van der Waals surface area contributed by atoms with Gasteiger partial charge >= 0.3 is 0 Å². The molecule has 1 aliphatic rings. The van der Waals surface area contributed by atoms with E-state index in [1.54, 1.807) is 24.7 Å². The van der Waals surface area contributed by atoms with Gasteiger partial charge < -0.3 is 19.7 Å². The van der Waals surface area contributed by atoms with E-state index in [4.69, 9.17) is 4.74 Å². The number of aliphatic hydroxyl groups excluding tert-OH is 1. The number of amides is 1. The number of aromatic nitrogens is 5. The lowest BCUT2D eigenvalue weighted by molar-refractivity contribution is 0.1000. The van der Waals surface area contributed by atoms with E-state index in [0.29, 0.717) is 48.4 Å². The largest absolute Gasteiger partial charge is 0.390 e. The number of carbonyl (C=O) groups excluding carboxylic acids is 1. The normalized spacial score (nSPS) is 14.0. The van der Waals surface area contributed by atoms with Crippen LogP contribution in [0.5, 0.6) is 0 Å². The summed E-state index contributed by atoms with van der Waals surface area (Å²) in [5.41, 5.74) is 4.21. The van der Waals surface area contributed by atoms with Gasteiger partial charge in [-0.3, -0.25) is 9.78 Å². The van der Waals surface area contributed by atoms with Gasteiger partial charge in [0.05, 0.1) is 18.9 Å². The van der Waals surface area contributed by atoms with Crippen LogP contribution in [0.25, 0.3) is 22.6 Å². The number of benzene rings is 1. The summed E-state index contributed by atoms with van der Waals surface area (Å²) in [5, 5.41) is 20.3. The summed E-state index contributed by atoms with van der Waals surface area (Å²) < 4.78 is 7.81. The highest BCUT2D eigenvalue weighted by Crippen LogP contribution is 2.25. The van der Waals surface area contributed by atoms with E-state index >= 15 is 0 Å². The molecule has 1 amide bonds. The van der Waals surface area contributed by atoms with Gasteiger partial charge in [-0.05, 0) is 41.8 Å². The van der Waals surface area contributed by atoms with Gasteiger partial charge in [0.15, 0.2) is 5.82 Å². The van der Waals surface area contributed by atoms with Crippen molar-refractivity contribution >= 4 is 11.7 Å². The first-order valence-corrected chi connectivity index (χ1v) is 10.6. The minimum Gasteiger partial charge on any atom is -0.390 e. The van der Waals surface area contributed by atoms with E-state index < -0.39 is 0 Å². The quantitative estimate of drug-likeness (QED) is 0.490. The number of anilines is 1. The number of nitrogens with zero attached hydrogens (tertiary/aromatic N) is 5. The molecule has 1 aromatic carbocycles. The maximum absolute atomic E-state index is 13.3. The summed E-state index contributed by atoms with van der Waals surface area (Å²) in [6.07, 6.45) is 4.13. The van der Waals surface area contributed by atoms with Crippen molar-refractivity contribution in [2.75, 3.05) is 11.9 Å². The summed E-state index contributed by atoms with van der Waals surface area (Å²) in [5.74, 6) is 0.790. The molecule has 0 spiro atoms. The van der Waals surface area contributed by atoms with E-state index in [2.05, 4.69) is 25.5 Å². The van der Waals surface area contributed by atoms with Gasteiger partial charge in [0.1, 0.15) is 17.8 Å². The summed E-state index contributed by atoms with van der Waals surface area (Å²) in [6.45, 7) is 1.42. The zero-order valence-electron chi connectivity index (χ0n) is 17.8. The molecule has 4 aromatic rings. The lowest BCUT2D eigenvalue weighted by Crippen LogP contribution is -2.17. The van der Waals surface area contributed by atoms with Crippen LogP contribution in [-0.2, 0) is 24.5 Å². The van der Waals surface area contributed by atoms with Crippen LogP contribution in [0.3, 0.4) is 0 Å². The van der Waals surface area contributed by atoms with Gasteiger partial charge in [0, 0.05) is 30.5 Å². The smallest absolute Gasteiger partial charge is 0.257 e. The van der Waals surface area contributed by atoms with Crippen molar-refractivity contribution in [2.24, 2.45) is 0 Å². The number of carbonyl (C=O) groups is 1. The molecule has 9 heteroatoms. The standard InChI is InChI=1S/C24H22N6O3/c31-13-19-8-7-17(12-25-19)16-5-6-18-14-33-10-2-9-30-15-26-29-23(30)21-3-1-4-22(27-21)28-24(32)20(18)11-16/h1,3-8,11-12,15,31H,2,9-10,13-14H2,(H,27,28,32). The highest BCUT2D eigenvalue weighted by Gasteiger charge is 2.17. The number of hydrogen-bond acceptors (Lipinski definition) is 7. The molecule has 5 rings (SSSR count). The van der Waals surface area contributed by atoms with E-state index in [-0.39, 0.29) is 12.5 Å². The zero-order chi connectivity index (χ0) is 22.6. The second-order valence-corrected chi connectivity index (χ2v) is 7.68. The van der Waals surface area contributed by atoms with Crippen LogP contribution < -0.4 is 5.32 Å². The highest BCUT2D eigenvalue weighted by molar-refractivity contribution is 6.05. The number of rotatable bonds is 2. The molecular formula is C24H22N6O3. The monoisotopic (exact) mass is 442 g/mol. The fraction of sp³-hybridized carbons (Fsp3) is 0.208. The Morgan fingerprint density at radius 2 is 2.03 bits per heavy atom. The summed E-state index contributed by atoms with van der Waals surface area (Å²) in [6, 6.07) is 14.7. The molecule has 2 bridgehead atoms. The number of fused-ring (bicyclic) bond motifs is 5. The third kappa shape index (κ3) is 4.50. The van der Waals surface area contributed by atoms with Crippen molar-refractivity contribution in [2.45, 2.75) is 26.2 Å². The Labute approximate surface area is 190 Å². The molecule has 0 atom stereocenters. The number of nitrogens with one attached hydrogen (secondary N) is 1. The fourth-order valence-electron chi connectivity index (χ4n) is 3.73. The van der Waals surface area contributed by atoms with Gasteiger partial charge in [-0.15, -0.1) is 10.2 Å². The van der Waals surface area contributed by atoms with E-state index in [0.717, 1.165) is 23.1 Å². The molecule has 0 saturated carbocycles. The molecule has 1 aliphatic heterocycles. The Balaban J connectivity index is 1.52. The molecule has 166 valence electrons. The minimum atomic E-state index is -0.279. The number of aryl methyl sites for hydroxylation is 1. The fourth-order valence-corrected chi connectivity index (χ4v) is 3.73. The van der Waals surface area contributed by atoms with E-state index in [1.807, 2.05) is 41.0 Å². The Morgan fingerprint density at radius 1 is 1.12 bits per heavy atom. The Hall–Kier alpha value is -3.95. The van der Waals surface area contributed by atoms with Gasteiger partial charge in [0.2, 0.25) is 0 Å². The second kappa shape index (κ2) is 9.27. The average molecular weight is 442 g/mol. The molecule has 2 N–H and O–H groups in total. The molecule has 0 fully saturated rings. The second-order valence-electron chi connectivity index (χ2n) is 7.68. The van der Waals surface area contributed by atoms with Gasteiger partial charge in [-0.2, -0.15) is 0 Å². The third-order valence-electron chi connectivity index (χ3n) is 5.46. The van der Waals surface area contributed by atoms with Crippen LogP contribution in [0, 0.1) is 0 Å². The van der Waals surface area contributed by atoms with Crippen molar-refractivity contribution in [3.8, 4) is 22.6 Å². The summed E-state index contributed by atoms with van der Waals surface area (Å²) >= 11 is 0. The van der Waals surface area contributed by atoms with Crippen LogP contribution in [0.1, 0.15) is 28.0 Å². The molecule has 0 radical (unpaired) electrons. The predicted octanol–water partition coefficient (Wildman–Crippen LogP) is 3.07. The first-order chi connectivity index (χ1) is 16.2. The minimum absolute atomic E-state index is 0.118. The Morgan fingerprint density at radius 3 is 2.88 bits per heavy atom. The van der Waals surface area contributed by atoms with Gasteiger partial charge in [-0.25, -0.2) is 4.98 Å². The maximum atomic E-state index is 13.3. The van der Waals surface area contributed by atoms with Gasteiger partial charge in [-0.1, -0.05) is 24.3 Å². The lowest BCUT2D eigenvalue weighted by atomic mass is 9.99. The van der Waals surface area contributed by atoms with Crippen LogP contribution in [0.2, 0.25) is 0 Å². The third-order valence-corrected chi connectivity index (χ3v) is 5.46. The Kier molecular flexibility index (Phi) is 5.88. The van der Waals surface area contributed by atoms with Crippen molar-refractivity contribution in [3.63, 3.8) is 0 Å². The highest BCUT2D eigenvalue weighted by atomic mass is 16.5. The van der Waals surface area contributed by atoms with Crippen molar-refractivity contribution in [1.29, 1.82) is 0 Å². The van der Waals surface area contributed by atoms with E-state index in [1.165, 1.54) is 0 Å². The molecular weight excluding hydrogens is 420 g/mol. The van der Waals surface area contributed by atoms with Crippen LogP contribution in [0.4, 0.5) is 5.82 Å². The Bertz CT molecular complexity index is 1290. The molecule has 4 heterocycles. The maximum Gasteiger partial charge on any atom is 0.257 e. The first-order valence-electron chi connectivity index (χ1n) is 10.6. The predicted molar refractivity (Wildman–Crippen MR) is 121 cm³/mol. The number of pyridine rings is 2. The van der Waals surface area contributed by atoms with Crippen LogP contribution >= 0.6 is 0 Å². The molecule has 0 unspecified atom stereocenters. The SMILES string of the molecule is O=C1Nc2cccc(n2)-c2nncn2CCCOCc2ccc(-c3ccc(CO)nc3)cc21. The molecule has 3 aromatic heterocycles. The number of hydrogen-bond donors (Lipinski definition) is 2. The van der Waals surface area contributed by atoms with Crippen LogP contribution in [0.15, 0.2) is 61.1 Å². The topological polar surface area (TPSA) is 115 Å². The molecule has 0 saturated heterocycles. The molecule has 9 nitrogen and oxygen atoms in total. The zero-order valence-corrected chi connectivity index (χ0v) is 17.8. The summed E-state index contributed by atoms with van der Waals surface area (Å²) in [7, 11) is 0. The van der Waals surface area contributed by atoms with E-state index in [9.17, 15) is 9.90 Å². The van der Waals surface area contributed by atoms with Crippen LogP contribution in [-0.4, -0.2) is 42.4 Å². The molecule has 0 aliphatic carbocycles. The van der Waals surface area contributed by atoms with Crippen molar-refractivity contribution in [3.05, 3.63) is 77.9 Å². The first kappa shape index (κ1) is 20.9. The number of ether oxygens (including phenoxy) is 1. The van der Waals surface area contributed by atoms with Gasteiger partial charge in [0.25, 0.3) is 5.91 Å². The van der Waals surface area contributed by atoms with Crippen molar-refractivity contribution < 1.29 is 14.6 Å².